The Morgan fingerprint density at radius 2 is 1.39 bits per heavy atom. The largest absolute Gasteiger partial charge is 0.348 e. The predicted octanol–water partition coefficient (Wildman–Crippen LogP) is 4.79. The van der Waals surface area contributed by atoms with Gasteiger partial charge in [0.2, 0.25) is 0 Å². The topological polar surface area (TPSA) is 58.2 Å². The second kappa shape index (κ2) is 8.53. The summed E-state index contributed by atoms with van der Waals surface area (Å²) >= 11 is 0. The van der Waals surface area contributed by atoms with Gasteiger partial charge in [0.25, 0.3) is 11.8 Å². The summed E-state index contributed by atoms with van der Waals surface area (Å²) in [6, 6.07) is 20.6. The minimum absolute atomic E-state index is 0.207. The highest BCUT2D eigenvalue weighted by Crippen LogP contribution is 2.17. The molecular formula is C24H24N2O2. The number of carbonyl (C=O) groups excluding carboxylic acids is 2. The molecule has 0 radical (unpaired) electrons. The van der Waals surface area contributed by atoms with Crippen molar-refractivity contribution >= 4 is 17.5 Å². The van der Waals surface area contributed by atoms with Gasteiger partial charge in [-0.2, -0.15) is 0 Å². The standard InChI is InChI=1S/C24H24N2O2/c1-16-7-10-19(11-8-16)15-25-23(27)20-5-4-6-21(14-20)24(28)26-22-12-9-17(2)13-18(22)3/h4-14H,15H2,1-3H3,(H,25,27)(H,26,28). The van der Waals surface area contributed by atoms with E-state index in [-0.39, 0.29) is 11.8 Å². The van der Waals surface area contributed by atoms with Crippen LogP contribution in [0, 0.1) is 20.8 Å². The lowest BCUT2D eigenvalue weighted by molar-refractivity contribution is 0.0951. The molecule has 2 amide bonds. The normalized spacial score (nSPS) is 10.4. The van der Waals surface area contributed by atoms with Gasteiger partial charge in [-0.25, -0.2) is 0 Å². The molecule has 0 aliphatic carbocycles. The fraction of sp³-hybridized carbons (Fsp3) is 0.167. The second-order valence-electron chi connectivity index (χ2n) is 7.02. The maximum absolute atomic E-state index is 12.6. The Bertz CT molecular complexity index is 1010. The first-order chi connectivity index (χ1) is 13.4. The average Bonchev–Trinajstić information content (AvgIpc) is 2.69. The van der Waals surface area contributed by atoms with Gasteiger partial charge in [0.15, 0.2) is 0 Å². The molecule has 0 aliphatic heterocycles. The van der Waals surface area contributed by atoms with Crippen molar-refractivity contribution in [1.82, 2.24) is 5.32 Å². The number of benzene rings is 3. The third kappa shape index (κ3) is 4.86. The van der Waals surface area contributed by atoms with E-state index in [0.717, 1.165) is 22.4 Å². The zero-order valence-electron chi connectivity index (χ0n) is 16.4. The van der Waals surface area contributed by atoms with E-state index in [1.807, 2.05) is 63.2 Å². The molecule has 3 aromatic carbocycles. The second-order valence-corrected chi connectivity index (χ2v) is 7.02. The minimum atomic E-state index is -0.236. The Morgan fingerprint density at radius 1 is 0.750 bits per heavy atom. The van der Waals surface area contributed by atoms with E-state index in [1.54, 1.807) is 24.3 Å². The van der Waals surface area contributed by atoms with Crippen molar-refractivity contribution in [2.75, 3.05) is 5.32 Å². The van der Waals surface area contributed by atoms with Crippen LogP contribution in [0.3, 0.4) is 0 Å². The summed E-state index contributed by atoms with van der Waals surface area (Å²) in [5.74, 6) is -0.443. The van der Waals surface area contributed by atoms with Crippen LogP contribution < -0.4 is 10.6 Å². The molecule has 0 saturated heterocycles. The van der Waals surface area contributed by atoms with Crippen molar-refractivity contribution in [3.05, 3.63) is 100 Å². The Kier molecular flexibility index (Phi) is 5.90. The van der Waals surface area contributed by atoms with Crippen LogP contribution in [0.2, 0.25) is 0 Å². The minimum Gasteiger partial charge on any atom is -0.348 e. The van der Waals surface area contributed by atoms with Crippen LogP contribution in [0.5, 0.6) is 0 Å². The first-order valence-corrected chi connectivity index (χ1v) is 9.25. The summed E-state index contributed by atoms with van der Waals surface area (Å²) in [7, 11) is 0. The Morgan fingerprint density at radius 3 is 2.07 bits per heavy atom. The van der Waals surface area contributed by atoms with Crippen molar-refractivity contribution in [1.29, 1.82) is 0 Å². The van der Waals surface area contributed by atoms with E-state index in [9.17, 15) is 9.59 Å². The average molecular weight is 372 g/mol. The first-order valence-electron chi connectivity index (χ1n) is 9.25. The van der Waals surface area contributed by atoms with E-state index in [0.29, 0.717) is 17.7 Å². The lowest BCUT2D eigenvalue weighted by Gasteiger charge is -2.10. The summed E-state index contributed by atoms with van der Waals surface area (Å²) in [5, 5.41) is 5.81. The van der Waals surface area contributed by atoms with Gasteiger partial charge in [0, 0.05) is 23.4 Å². The maximum Gasteiger partial charge on any atom is 0.255 e. The zero-order valence-corrected chi connectivity index (χ0v) is 16.4. The summed E-state index contributed by atoms with van der Waals surface area (Å²) in [5.41, 5.74) is 6.02. The van der Waals surface area contributed by atoms with Crippen molar-refractivity contribution in [3.8, 4) is 0 Å². The lowest BCUT2D eigenvalue weighted by Crippen LogP contribution is -2.23. The fourth-order valence-corrected chi connectivity index (χ4v) is 2.94. The van der Waals surface area contributed by atoms with Crippen LogP contribution in [0.25, 0.3) is 0 Å². The number of carbonyl (C=O) groups is 2. The molecule has 4 nitrogen and oxygen atoms in total. The third-order valence-corrected chi connectivity index (χ3v) is 4.59. The molecule has 0 unspecified atom stereocenters. The Balaban J connectivity index is 1.67. The van der Waals surface area contributed by atoms with Gasteiger partial charge in [-0.1, -0.05) is 53.6 Å². The number of hydrogen-bond donors (Lipinski definition) is 2. The Labute approximate surface area is 165 Å². The molecule has 28 heavy (non-hydrogen) atoms. The van der Waals surface area contributed by atoms with Gasteiger partial charge >= 0.3 is 0 Å². The van der Waals surface area contributed by atoms with Crippen LogP contribution in [-0.2, 0) is 6.54 Å². The highest BCUT2D eigenvalue weighted by atomic mass is 16.2. The smallest absolute Gasteiger partial charge is 0.255 e. The molecule has 0 heterocycles. The molecule has 0 bridgehead atoms. The molecule has 0 saturated carbocycles. The number of amides is 2. The van der Waals surface area contributed by atoms with Gasteiger partial charge < -0.3 is 10.6 Å². The number of nitrogens with one attached hydrogen (secondary N) is 2. The number of anilines is 1. The SMILES string of the molecule is Cc1ccc(CNC(=O)c2cccc(C(=O)Nc3ccc(C)cc3C)c2)cc1. The molecule has 2 N–H and O–H groups in total. The number of aryl methyl sites for hydroxylation is 3. The number of hydrogen-bond acceptors (Lipinski definition) is 2. The van der Waals surface area contributed by atoms with Crippen LogP contribution in [0.4, 0.5) is 5.69 Å². The van der Waals surface area contributed by atoms with E-state index < -0.39 is 0 Å². The zero-order chi connectivity index (χ0) is 20.1. The first kappa shape index (κ1) is 19.4. The van der Waals surface area contributed by atoms with Gasteiger partial charge in [-0.3, -0.25) is 9.59 Å². The molecule has 3 rings (SSSR count). The molecule has 142 valence electrons. The molecule has 0 aromatic heterocycles. The summed E-state index contributed by atoms with van der Waals surface area (Å²) in [6.07, 6.45) is 0. The monoisotopic (exact) mass is 372 g/mol. The number of rotatable bonds is 5. The molecule has 0 spiro atoms. The third-order valence-electron chi connectivity index (χ3n) is 4.59. The molecule has 4 heteroatoms. The van der Waals surface area contributed by atoms with Gasteiger partial charge in [-0.05, 0) is 56.2 Å². The molecule has 0 atom stereocenters. The fourth-order valence-electron chi connectivity index (χ4n) is 2.94. The van der Waals surface area contributed by atoms with Crippen LogP contribution in [0.15, 0.2) is 66.7 Å². The predicted molar refractivity (Wildman–Crippen MR) is 113 cm³/mol. The van der Waals surface area contributed by atoms with Gasteiger partial charge in [0.1, 0.15) is 0 Å². The Hall–Kier alpha value is -3.40. The van der Waals surface area contributed by atoms with E-state index in [4.69, 9.17) is 0 Å². The molecule has 0 aliphatic rings. The van der Waals surface area contributed by atoms with Crippen molar-refractivity contribution < 1.29 is 9.59 Å². The van der Waals surface area contributed by atoms with E-state index in [1.165, 1.54) is 5.56 Å². The van der Waals surface area contributed by atoms with Crippen LogP contribution in [-0.4, -0.2) is 11.8 Å². The highest BCUT2D eigenvalue weighted by molar-refractivity contribution is 6.06. The van der Waals surface area contributed by atoms with Crippen molar-refractivity contribution in [3.63, 3.8) is 0 Å². The van der Waals surface area contributed by atoms with Gasteiger partial charge in [-0.15, -0.1) is 0 Å². The van der Waals surface area contributed by atoms with E-state index in [2.05, 4.69) is 10.6 Å². The summed E-state index contributed by atoms with van der Waals surface area (Å²) in [6.45, 7) is 6.43. The summed E-state index contributed by atoms with van der Waals surface area (Å²) in [4.78, 5) is 25.1. The molecular weight excluding hydrogens is 348 g/mol. The van der Waals surface area contributed by atoms with Crippen LogP contribution in [0.1, 0.15) is 43.0 Å². The van der Waals surface area contributed by atoms with Gasteiger partial charge in [0.05, 0.1) is 0 Å². The van der Waals surface area contributed by atoms with Crippen LogP contribution >= 0.6 is 0 Å². The van der Waals surface area contributed by atoms with E-state index >= 15 is 0 Å². The lowest BCUT2D eigenvalue weighted by atomic mass is 10.1. The van der Waals surface area contributed by atoms with Crippen molar-refractivity contribution in [2.24, 2.45) is 0 Å². The highest BCUT2D eigenvalue weighted by Gasteiger charge is 2.12. The maximum atomic E-state index is 12.6. The quantitative estimate of drug-likeness (QED) is 0.676. The molecule has 0 fully saturated rings. The summed E-state index contributed by atoms with van der Waals surface area (Å²) < 4.78 is 0. The molecule has 3 aromatic rings. The van der Waals surface area contributed by atoms with Crippen molar-refractivity contribution in [2.45, 2.75) is 27.3 Å².